The van der Waals surface area contributed by atoms with E-state index >= 15 is 0 Å². The molecule has 0 bridgehead atoms. The number of hydrogen-bond donors (Lipinski definition) is 1. The number of Topliss-reactive ketones (excluding diaryl/α,β-unsaturated/α-hetero) is 1. The van der Waals surface area contributed by atoms with E-state index in [1.54, 1.807) is 30.3 Å². The van der Waals surface area contributed by atoms with Crippen LogP contribution in [0.25, 0.3) is 17.4 Å². The third-order valence-corrected chi connectivity index (χ3v) is 2.82. The van der Waals surface area contributed by atoms with E-state index in [4.69, 9.17) is 4.42 Å². The van der Waals surface area contributed by atoms with E-state index in [2.05, 4.69) is 11.9 Å². The highest BCUT2D eigenvalue weighted by Gasteiger charge is 2.06. The van der Waals surface area contributed by atoms with Crippen molar-refractivity contribution in [1.29, 1.82) is 0 Å². The molecule has 4 nitrogen and oxygen atoms in total. The standard InChI is InChI=1S/C17H15NO3/c1-3-18-17(20)10-8-15-7-9-16(21-15)14-6-4-5-13(11-14)12(2)19/h3-11H,1H2,2H3,(H,18,20). The summed E-state index contributed by atoms with van der Waals surface area (Å²) in [5, 5.41) is 2.43. The lowest BCUT2D eigenvalue weighted by molar-refractivity contribution is -0.115. The number of nitrogens with one attached hydrogen (secondary N) is 1. The number of amides is 1. The fourth-order valence-electron chi connectivity index (χ4n) is 1.80. The summed E-state index contributed by atoms with van der Waals surface area (Å²) in [6.07, 6.45) is 4.24. The highest BCUT2D eigenvalue weighted by Crippen LogP contribution is 2.23. The van der Waals surface area contributed by atoms with Gasteiger partial charge in [-0.25, -0.2) is 0 Å². The van der Waals surface area contributed by atoms with Crippen molar-refractivity contribution in [1.82, 2.24) is 5.32 Å². The molecule has 2 rings (SSSR count). The quantitative estimate of drug-likeness (QED) is 0.674. The van der Waals surface area contributed by atoms with Gasteiger partial charge in [0.1, 0.15) is 11.5 Å². The van der Waals surface area contributed by atoms with E-state index in [1.807, 2.05) is 12.1 Å². The molecule has 1 aromatic carbocycles. The topological polar surface area (TPSA) is 59.3 Å². The minimum Gasteiger partial charge on any atom is -0.457 e. The van der Waals surface area contributed by atoms with Crippen LogP contribution in [0.2, 0.25) is 0 Å². The SMILES string of the molecule is C=CNC(=O)C=Cc1ccc(-c2cccc(C(C)=O)c2)o1. The molecular formula is C17H15NO3. The van der Waals surface area contributed by atoms with Gasteiger partial charge in [-0.15, -0.1) is 0 Å². The summed E-state index contributed by atoms with van der Waals surface area (Å²) < 4.78 is 5.63. The smallest absolute Gasteiger partial charge is 0.248 e. The average molecular weight is 281 g/mol. The molecule has 0 atom stereocenters. The minimum atomic E-state index is -0.276. The maximum atomic E-state index is 11.4. The molecule has 0 fully saturated rings. The lowest BCUT2D eigenvalue weighted by Gasteiger charge is -1.99. The van der Waals surface area contributed by atoms with Crippen LogP contribution < -0.4 is 5.32 Å². The molecule has 106 valence electrons. The van der Waals surface area contributed by atoms with Crippen LogP contribution >= 0.6 is 0 Å². The minimum absolute atomic E-state index is 0.00428. The molecule has 0 radical (unpaired) electrons. The van der Waals surface area contributed by atoms with Gasteiger partial charge < -0.3 is 9.73 Å². The number of ketones is 1. The Morgan fingerprint density at radius 1 is 1.24 bits per heavy atom. The van der Waals surface area contributed by atoms with Gasteiger partial charge in [-0.3, -0.25) is 9.59 Å². The van der Waals surface area contributed by atoms with Crippen molar-refractivity contribution in [3.63, 3.8) is 0 Å². The monoisotopic (exact) mass is 281 g/mol. The molecule has 0 saturated carbocycles. The van der Waals surface area contributed by atoms with Crippen LogP contribution in [0, 0.1) is 0 Å². The van der Waals surface area contributed by atoms with Gasteiger partial charge in [-0.05, 0) is 37.4 Å². The van der Waals surface area contributed by atoms with Gasteiger partial charge in [0, 0.05) is 17.2 Å². The second kappa shape index (κ2) is 6.52. The van der Waals surface area contributed by atoms with Crippen molar-refractivity contribution in [2.45, 2.75) is 6.92 Å². The van der Waals surface area contributed by atoms with Crippen molar-refractivity contribution in [2.24, 2.45) is 0 Å². The number of hydrogen-bond acceptors (Lipinski definition) is 3. The first-order valence-electron chi connectivity index (χ1n) is 6.41. The second-order valence-electron chi connectivity index (χ2n) is 4.39. The highest BCUT2D eigenvalue weighted by atomic mass is 16.3. The molecule has 0 spiro atoms. The summed E-state index contributed by atoms with van der Waals surface area (Å²) in [5.74, 6) is 0.922. The van der Waals surface area contributed by atoms with Crippen molar-refractivity contribution in [3.8, 4) is 11.3 Å². The van der Waals surface area contributed by atoms with Crippen LogP contribution in [0.5, 0.6) is 0 Å². The maximum absolute atomic E-state index is 11.4. The van der Waals surface area contributed by atoms with Gasteiger partial charge in [-0.2, -0.15) is 0 Å². The van der Waals surface area contributed by atoms with Crippen molar-refractivity contribution < 1.29 is 14.0 Å². The zero-order chi connectivity index (χ0) is 15.2. The van der Waals surface area contributed by atoms with E-state index in [0.29, 0.717) is 17.1 Å². The first-order chi connectivity index (χ1) is 10.1. The third-order valence-electron chi connectivity index (χ3n) is 2.82. The number of rotatable bonds is 5. The number of benzene rings is 1. The van der Waals surface area contributed by atoms with Crippen LogP contribution in [0.4, 0.5) is 0 Å². The fraction of sp³-hybridized carbons (Fsp3) is 0.0588. The van der Waals surface area contributed by atoms with Gasteiger partial charge in [0.2, 0.25) is 5.91 Å². The molecule has 1 amide bonds. The zero-order valence-corrected chi connectivity index (χ0v) is 11.6. The molecule has 0 aliphatic rings. The Labute approximate surface area is 122 Å². The van der Waals surface area contributed by atoms with E-state index in [9.17, 15) is 9.59 Å². The van der Waals surface area contributed by atoms with Gasteiger partial charge >= 0.3 is 0 Å². The van der Waals surface area contributed by atoms with E-state index in [0.717, 1.165) is 5.56 Å². The molecule has 1 aromatic heterocycles. The molecule has 0 saturated heterocycles. The molecule has 0 unspecified atom stereocenters. The zero-order valence-electron chi connectivity index (χ0n) is 11.6. The van der Waals surface area contributed by atoms with Crippen molar-refractivity contribution in [2.75, 3.05) is 0 Å². The third kappa shape index (κ3) is 3.79. The molecule has 0 aliphatic carbocycles. The Hall–Kier alpha value is -2.88. The number of furan rings is 1. The second-order valence-corrected chi connectivity index (χ2v) is 4.39. The summed E-state index contributed by atoms with van der Waals surface area (Å²) in [4.78, 5) is 22.6. The van der Waals surface area contributed by atoms with Crippen molar-refractivity contribution >= 4 is 17.8 Å². The predicted molar refractivity (Wildman–Crippen MR) is 81.5 cm³/mol. The van der Waals surface area contributed by atoms with E-state index in [-0.39, 0.29) is 11.7 Å². The maximum Gasteiger partial charge on any atom is 0.248 e. The average Bonchev–Trinajstić information content (AvgIpc) is 2.94. The van der Waals surface area contributed by atoms with Crippen LogP contribution in [0.1, 0.15) is 23.0 Å². The Morgan fingerprint density at radius 2 is 2.05 bits per heavy atom. The summed E-state index contributed by atoms with van der Waals surface area (Å²) in [7, 11) is 0. The highest BCUT2D eigenvalue weighted by molar-refractivity contribution is 5.95. The van der Waals surface area contributed by atoms with Gasteiger partial charge in [0.15, 0.2) is 5.78 Å². The Morgan fingerprint density at radius 3 is 2.76 bits per heavy atom. The van der Waals surface area contributed by atoms with Crippen LogP contribution in [-0.4, -0.2) is 11.7 Å². The summed E-state index contributed by atoms with van der Waals surface area (Å²) in [5.41, 5.74) is 1.45. The van der Waals surface area contributed by atoms with Crippen LogP contribution in [-0.2, 0) is 4.79 Å². The van der Waals surface area contributed by atoms with Gasteiger partial charge in [-0.1, -0.05) is 24.8 Å². The fourth-order valence-corrected chi connectivity index (χ4v) is 1.80. The summed E-state index contributed by atoms with van der Waals surface area (Å²) in [6, 6.07) is 10.8. The molecule has 2 aromatic rings. The molecular weight excluding hydrogens is 266 g/mol. The molecule has 1 heterocycles. The van der Waals surface area contributed by atoms with E-state index < -0.39 is 0 Å². The van der Waals surface area contributed by atoms with Crippen molar-refractivity contribution in [3.05, 3.63) is 66.6 Å². The van der Waals surface area contributed by atoms with Gasteiger partial charge in [0.25, 0.3) is 0 Å². The molecule has 21 heavy (non-hydrogen) atoms. The summed E-state index contributed by atoms with van der Waals surface area (Å²) in [6.45, 7) is 4.93. The van der Waals surface area contributed by atoms with E-state index in [1.165, 1.54) is 19.2 Å². The Bertz CT molecular complexity index is 710. The summed E-state index contributed by atoms with van der Waals surface area (Å²) >= 11 is 0. The van der Waals surface area contributed by atoms with Crippen LogP contribution in [0.3, 0.4) is 0 Å². The first-order valence-corrected chi connectivity index (χ1v) is 6.41. The number of carbonyl (C=O) groups is 2. The molecule has 4 heteroatoms. The molecule has 0 aliphatic heterocycles. The lowest BCUT2D eigenvalue weighted by atomic mass is 10.1. The normalized spacial score (nSPS) is 10.5. The number of carbonyl (C=O) groups excluding carboxylic acids is 2. The Balaban J connectivity index is 2.20. The van der Waals surface area contributed by atoms with Gasteiger partial charge in [0.05, 0.1) is 0 Å². The van der Waals surface area contributed by atoms with Crippen LogP contribution in [0.15, 0.2) is 59.7 Å². The Kier molecular flexibility index (Phi) is 4.51. The predicted octanol–water partition coefficient (Wildman–Crippen LogP) is 3.42. The lowest BCUT2D eigenvalue weighted by Crippen LogP contribution is -2.12. The largest absolute Gasteiger partial charge is 0.457 e. The first kappa shape index (κ1) is 14.5. The molecule has 1 N–H and O–H groups in total.